The number of imide groups is 1. The van der Waals surface area contributed by atoms with E-state index in [1.807, 2.05) is 0 Å². The Kier molecular flexibility index (Phi) is 3.74. The summed E-state index contributed by atoms with van der Waals surface area (Å²) in [5.74, 6) is -4.47. The Labute approximate surface area is 156 Å². The first-order chi connectivity index (χ1) is 12.2. The van der Waals surface area contributed by atoms with Crippen LogP contribution in [0, 0.1) is 11.8 Å². The Morgan fingerprint density at radius 3 is 2.65 bits per heavy atom. The van der Waals surface area contributed by atoms with Crippen LogP contribution < -0.4 is 10.6 Å². The van der Waals surface area contributed by atoms with Crippen molar-refractivity contribution in [3.05, 3.63) is 33.8 Å². The maximum atomic E-state index is 14.7. The van der Waals surface area contributed by atoms with Gasteiger partial charge < -0.3 is 15.2 Å². The van der Waals surface area contributed by atoms with Crippen molar-refractivity contribution >= 4 is 41.1 Å². The van der Waals surface area contributed by atoms with Gasteiger partial charge in [0.25, 0.3) is 5.91 Å². The van der Waals surface area contributed by atoms with Gasteiger partial charge in [-0.15, -0.1) is 0 Å². The van der Waals surface area contributed by atoms with E-state index in [1.54, 1.807) is 18.2 Å². The number of carboxylic acid groups (broad SMARTS) is 1. The number of carbonyl (C=O) groups excluding carboxylic acids is 2. The molecular weight excluding hydrogens is 390 g/mol. The van der Waals surface area contributed by atoms with E-state index in [9.17, 15) is 23.9 Å². The summed E-state index contributed by atoms with van der Waals surface area (Å²) in [7, 11) is 0. The lowest BCUT2D eigenvalue weighted by molar-refractivity contribution is -0.149. The number of nitrogens with one attached hydrogen (secondary N) is 2. The fourth-order valence-corrected chi connectivity index (χ4v) is 4.56. The Balaban J connectivity index is 1.59. The SMILES string of the molecule is O=C1NC(=O)[C@]2(N1)[C@H](OCc1ccc(Cl)c(Cl)c1)C[C@@H]1[C@H]2[C@@]1(F)C(=O)O. The largest absolute Gasteiger partial charge is 0.479 e. The number of alkyl halides is 1. The number of hydrogen-bond acceptors (Lipinski definition) is 4. The van der Waals surface area contributed by atoms with Crippen LogP contribution in [-0.4, -0.2) is 40.3 Å². The number of halogens is 3. The van der Waals surface area contributed by atoms with E-state index in [4.69, 9.17) is 27.9 Å². The molecule has 1 aromatic rings. The summed E-state index contributed by atoms with van der Waals surface area (Å²) in [5, 5.41) is 14.4. The molecule has 3 aliphatic rings. The fourth-order valence-electron chi connectivity index (χ4n) is 4.24. The smallest absolute Gasteiger partial charge is 0.342 e. The van der Waals surface area contributed by atoms with Crippen molar-refractivity contribution in [3.63, 3.8) is 0 Å². The summed E-state index contributed by atoms with van der Waals surface area (Å²) < 4.78 is 20.5. The molecule has 1 aliphatic heterocycles. The molecule has 1 saturated heterocycles. The summed E-state index contributed by atoms with van der Waals surface area (Å²) in [6, 6.07) is 4.07. The highest BCUT2D eigenvalue weighted by atomic mass is 35.5. The second-order valence-corrected chi connectivity index (χ2v) is 7.53. The van der Waals surface area contributed by atoms with E-state index in [2.05, 4.69) is 10.6 Å². The van der Waals surface area contributed by atoms with Crippen molar-refractivity contribution in [2.75, 3.05) is 0 Å². The third-order valence-electron chi connectivity index (χ3n) is 5.44. The normalized spacial score (nSPS) is 37.4. The molecule has 3 amide bonds. The quantitative estimate of drug-likeness (QED) is 0.667. The van der Waals surface area contributed by atoms with Crippen LogP contribution in [0.15, 0.2) is 18.2 Å². The van der Waals surface area contributed by atoms with E-state index in [0.29, 0.717) is 15.6 Å². The number of fused-ring (bicyclic) bond motifs is 2. The number of benzene rings is 1. The maximum absolute atomic E-state index is 14.7. The van der Waals surface area contributed by atoms with Crippen LogP contribution in [0.5, 0.6) is 0 Å². The summed E-state index contributed by atoms with van der Waals surface area (Å²) in [6.07, 6.45) is -0.857. The van der Waals surface area contributed by atoms with Crippen LogP contribution in [-0.2, 0) is 20.9 Å². The standard InChI is InChI=1S/C16H13Cl2FN2O5/c17-8-2-1-6(3-9(8)18)5-26-10-4-7-11(15(7,19)13(23)24)16(10)12(22)20-14(25)21-16/h1-3,7,10-11H,4-5H2,(H,23,24)(H2,20,21,22,25)/t7-,10-,11+,15-,16+/m1/s1. The molecule has 7 nitrogen and oxygen atoms in total. The first kappa shape index (κ1) is 17.5. The van der Waals surface area contributed by atoms with Gasteiger partial charge in [-0.25, -0.2) is 14.0 Å². The number of aliphatic carboxylic acids is 1. The van der Waals surface area contributed by atoms with Gasteiger partial charge in [-0.1, -0.05) is 29.3 Å². The highest BCUT2D eigenvalue weighted by Gasteiger charge is 2.87. The van der Waals surface area contributed by atoms with Gasteiger partial charge in [0.1, 0.15) is 0 Å². The van der Waals surface area contributed by atoms with Crippen LogP contribution in [0.1, 0.15) is 12.0 Å². The Bertz CT molecular complexity index is 852. The molecule has 0 bridgehead atoms. The molecule has 4 rings (SSSR count). The summed E-state index contributed by atoms with van der Waals surface area (Å²) in [5.41, 5.74) is -3.60. The molecule has 0 unspecified atom stereocenters. The lowest BCUT2D eigenvalue weighted by Crippen LogP contribution is -2.59. The highest BCUT2D eigenvalue weighted by Crippen LogP contribution is 2.68. The minimum Gasteiger partial charge on any atom is -0.479 e. The topological polar surface area (TPSA) is 105 Å². The van der Waals surface area contributed by atoms with Gasteiger partial charge in [0, 0.05) is 11.8 Å². The number of rotatable bonds is 4. The second kappa shape index (κ2) is 5.55. The molecule has 3 N–H and O–H groups in total. The van der Waals surface area contributed by atoms with Gasteiger partial charge in [0.2, 0.25) is 5.67 Å². The van der Waals surface area contributed by atoms with E-state index in [1.165, 1.54) is 0 Å². The Morgan fingerprint density at radius 2 is 2.08 bits per heavy atom. The van der Waals surface area contributed by atoms with E-state index < -0.39 is 47.1 Å². The van der Waals surface area contributed by atoms with Gasteiger partial charge in [0.05, 0.1) is 22.8 Å². The van der Waals surface area contributed by atoms with Crippen LogP contribution in [0.3, 0.4) is 0 Å². The zero-order valence-corrected chi connectivity index (χ0v) is 14.6. The van der Waals surface area contributed by atoms with Crippen molar-refractivity contribution in [1.29, 1.82) is 0 Å². The van der Waals surface area contributed by atoms with E-state index in [-0.39, 0.29) is 13.0 Å². The van der Waals surface area contributed by atoms with Crippen molar-refractivity contribution < 1.29 is 28.6 Å². The van der Waals surface area contributed by atoms with Gasteiger partial charge in [0.15, 0.2) is 5.54 Å². The molecule has 2 saturated carbocycles. The first-order valence-corrected chi connectivity index (χ1v) is 8.58. The lowest BCUT2D eigenvalue weighted by Gasteiger charge is -2.32. The minimum absolute atomic E-state index is 0.00247. The van der Waals surface area contributed by atoms with Crippen molar-refractivity contribution in [3.8, 4) is 0 Å². The van der Waals surface area contributed by atoms with Crippen molar-refractivity contribution in [2.45, 2.75) is 30.3 Å². The molecule has 10 heteroatoms. The van der Waals surface area contributed by atoms with Crippen molar-refractivity contribution in [1.82, 2.24) is 10.6 Å². The zero-order valence-electron chi connectivity index (χ0n) is 13.1. The molecule has 1 spiro atoms. The third-order valence-corrected chi connectivity index (χ3v) is 6.18. The van der Waals surface area contributed by atoms with Crippen LogP contribution in [0.4, 0.5) is 9.18 Å². The second-order valence-electron chi connectivity index (χ2n) is 6.72. The van der Waals surface area contributed by atoms with Crippen LogP contribution in [0.25, 0.3) is 0 Å². The summed E-state index contributed by atoms with van der Waals surface area (Å²) in [6.45, 7) is 0.0399. The Hall–Kier alpha value is -1.90. The van der Waals surface area contributed by atoms with Crippen LogP contribution >= 0.6 is 23.2 Å². The zero-order chi connectivity index (χ0) is 18.9. The van der Waals surface area contributed by atoms with Crippen molar-refractivity contribution in [2.24, 2.45) is 11.8 Å². The summed E-state index contributed by atoms with van der Waals surface area (Å²) >= 11 is 11.8. The molecule has 1 aromatic carbocycles. The van der Waals surface area contributed by atoms with Gasteiger partial charge in [-0.05, 0) is 24.1 Å². The van der Waals surface area contributed by atoms with E-state index in [0.717, 1.165) is 0 Å². The predicted molar refractivity (Wildman–Crippen MR) is 87.5 cm³/mol. The third kappa shape index (κ3) is 2.19. The van der Waals surface area contributed by atoms with Gasteiger partial charge >= 0.3 is 12.0 Å². The van der Waals surface area contributed by atoms with E-state index >= 15 is 0 Å². The van der Waals surface area contributed by atoms with Gasteiger partial charge in [-0.3, -0.25) is 10.1 Å². The monoisotopic (exact) mass is 402 g/mol. The molecule has 138 valence electrons. The first-order valence-electron chi connectivity index (χ1n) is 7.82. The average Bonchev–Trinajstić information content (AvgIpc) is 2.87. The number of amides is 3. The fraction of sp³-hybridized carbons (Fsp3) is 0.438. The molecular formula is C16H13Cl2FN2O5. The molecule has 1 heterocycles. The minimum atomic E-state index is -2.54. The van der Waals surface area contributed by atoms with Crippen LogP contribution in [0.2, 0.25) is 10.0 Å². The number of carboxylic acids is 1. The number of carbonyl (C=O) groups is 3. The number of ether oxygens (including phenoxy) is 1. The average molecular weight is 403 g/mol. The molecule has 3 fully saturated rings. The Morgan fingerprint density at radius 1 is 1.35 bits per heavy atom. The number of urea groups is 1. The number of hydrogen-bond donors (Lipinski definition) is 3. The lowest BCUT2D eigenvalue weighted by atomic mass is 9.87. The molecule has 0 radical (unpaired) electrons. The molecule has 26 heavy (non-hydrogen) atoms. The molecule has 5 atom stereocenters. The molecule has 2 aliphatic carbocycles. The highest BCUT2D eigenvalue weighted by molar-refractivity contribution is 6.42. The molecule has 0 aromatic heterocycles. The maximum Gasteiger partial charge on any atom is 0.342 e. The summed E-state index contributed by atoms with van der Waals surface area (Å²) in [4.78, 5) is 35.4. The predicted octanol–water partition coefficient (Wildman–Crippen LogP) is 1.90. The van der Waals surface area contributed by atoms with Gasteiger partial charge in [-0.2, -0.15) is 0 Å².